The fraction of sp³-hybridized carbons (Fsp3) is 0.357. The molecule has 0 saturated carbocycles. The average Bonchev–Trinajstić information content (AvgIpc) is 2.61. The van der Waals surface area contributed by atoms with Crippen molar-refractivity contribution in [3.63, 3.8) is 0 Å². The first-order chi connectivity index (χ1) is 9.28. The number of aromatic amines is 1. The van der Waals surface area contributed by atoms with Crippen LogP contribution in [0, 0.1) is 6.92 Å². The quantitative estimate of drug-likeness (QED) is 0.882. The topological polar surface area (TPSA) is 76.1 Å². The van der Waals surface area contributed by atoms with Crippen molar-refractivity contribution in [3.8, 4) is 0 Å². The molecular formula is C14H18N3O3. The number of carbonyl (C=O) groups excluding carboxylic acids is 1. The molecule has 0 aliphatic heterocycles. The standard InChI is InChI=1S/C14H18N3O3/c1-9(15-13(19)20-14(2,3)4)17-11-8-6-5-7-10(11)16-12(17)18/h5-9H,1H2,2-4H3,(H,15,19)(H,16,18). The van der Waals surface area contributed by atoms with Gasteiger partial charge >= 0.3 is 11.8 Å². The van der Waals surface area contributed by atoms with Crippen LogP contribution in [0.3, 0.4) is 0 Å². The zero-order chi connectivity index (χ0) is 14.9. The number of aromatic nitrogens is 2. The summed E-state index contributed by atoms with van der Waals surface area (Å²) in [5.41, 5.74) is 0.433. The Kier molecular flexibility index (Phi) is 3.57. The van der Waals surface area contributed by atoms with E-state index in [1.807, 2.05) is 12.1 Å². The van der Waals surface area contributed by atoms with Gasteiger partial charge in [-0.05, 0) is 39.8 Å². The van der Waals surface area contributed by atoms with Crippen molar-refractivity contribution in [1.82, 2.24) is 14.9 Å². The summed E-state index contributed by atoms with van der Waals surface area (Å²) in [5, 5.41) is 2.54. The van der Waals surface area contributed by atoms with Crippen molar-refractivity contribution in [3.05, 3.63) is 41.7 Å². The molecule has 0 aliphatic carbocycles. The second-order valence-corrected chi connectivity index (χ2v) is 5.48. The van der Waals surface area contributed by atoms with Crippen molar-refractivity contribution in [2.45, 2.75) is 32.5 Å². The lowest BCUT2D eigenvalue weighted by Gasteiger charge is -2.22. The molecule has 0 saturated heterocycles. The lowest BCUT2D eigenvalue weighted by molar-refractivity contribution is 0.0497. The molecule has 1 radical (unpaired) electrons. The van der Waals surface area contributed by atoms with Crippen LogP contribution in [0.15, 0.2) is 29.1 Å². The highest BCUT2D eigenvalue weighted by Crippen LogP contribution is 2.13. The van der Waals surface area contributed by atoms with Gasteiger partial charge in [-0.25, -0.2) is 9.59 Å². The molecule has 1 atom stereocenters. The first-order valence-corrected chi connectivity index (χ1v) is 6.30. The molecule has 1 unspecified atom stereocenters. The Labute approximate surface area is 116 Å². The van der Waals surface area contributed by atoms with E-state index in [1.165, 1.54) is 4.57 Å². The van der Waals surface area contributed by atoms with E-state index in [0.717, 1.165) is 0 Å². The van der Waals surface area contributed by atoms with Crippen LogP contribution < -0.4 is 11.0 Å². The van der Waals surface area contributed by atoms with Gasteiger partial charge in [0.25, 0.3) is 0 Å². The molecule has 1 aromatic heterocycles. The van der Waals surface area contributed by atoms with Gasteiger partial charge in [0.15, 0.2) is 0 Å². The molecule has 0 fully saturated rings. The summed E-state index contributed by atoms with van der Waals surface area (Å²) < 4.78 is 6.52. The highest BCUT2D eigenvalue weighted by Gasteiger charge is 2.20. The number of imidazole rings is 1. The molecule has 20 heavy (non-hydrogen) atoms. The van der Waals surface area contributed by atoms with Gasteiger partial charge in [0.1, 0.15) is 11.8 Å². The second-order valence-electron chi connectivity index (χ2n) is 5.48. The van der Waals surface area contributed by atoms with E-state index in [2.05, 4.69) is 17.2 Å². The van der Waals surface area contributed by atoms with E-state index in [0.29, 0.717) is 11.0 Å². The summed E-state index contributed by atoms with van der Waals surface area (Å²) in [6.45, 7) is 9.09. The molecule has 2 N–H and O–H groups in total. The summed E-state index contributed by atoms with van der Waals surface area (Å²) in [4.78, 5) is 26.3. The van der Waals surface area contributed by atoms with E-state index >= 15 is 0 Å². The Balaban J connectivity index is 2.24. The predicted molar refractivity (Wildman–Crippen MR) is 76.3 cm³/mol. The number of fused-ring (bicyclic) bond motifs is 1. The molecule has 6 heteroatoms. The first-order valence-electron chi connectivity index (χ1n) is 6.30. The Bertz CT molecular complexity index is 679. The van der Waals surface area contributed by atoms with Crippen LogP contribution >= 0.6 is 0 Å². The van der Waals surface area contributed by atoms with Crippen LogP contribution in [-0.4, -0.2) is 21.2 Å². The van der Waals surface area contributed by atoms with Crippen LogP contribution in [-0.2, 0) is 4.74 Å². The molecule has 0 bridgehead atoms. The third-order valence-corrected chi connectivity index (χ3v) is 2.62. The third-order valence-electron chi connectivity index (χ3n) is 2.62. The van der Waals surface area contributed by atoms with Crippen LogP contribution in [0.2, 0.25) is 0 Å². The minimum atomic E-state index is -0.756. The Morgan fingerprint density at radius 3 is 2.70 bits per heavy atom. The molecule has 107 valence electrons. The summed E-state index contributed by atoms with van der Waals surface area (Å²) >= 11 is 0. The molecule has 2 aromatic rings. The maximum absolute atomic E-state index is 11.9. The minimum Gasteiger partial charge on any atom is -0.444 e. The SMILES string of the molecule is [CH2]C(NC(=O)OC(C)(C)C)n1c(=O)[nH]c2ccccc21. The van der Waals surface area contributed by atoms with Gasteiger partial charge in [-0.3, -0.25) is 4.57 Å². The van der Waals surface area contributed by atoms with Crippen LogP contribution in [0.4, 0.5) is 4.79 Å². The number of amides is 1. The monoisotopic (exact) mass is 276 g/mol. The largest absolute Gasteiger partial charge is 0.444 e. The second kappa shape index (κ2) is 5.03. The summed E-state index contributed by atoms with van der Waals surface area (Å²) in [6.07, 6.45) is -1.37. The molecular weight excluding hydrogens is 258 g/mol. The molecule has 1 heterocycles. The van der Waals surface area contributed by atoms with Crippen molar-refractivity contribution in [2.24, 2.45) is 0 Å². The number of carbonyl (C=O) groups is 1. The van der Waals surface area contributed by atoms with E-state index in [1.54, 1.807) is 32.9 Å². The zero-order valence-corrected chi connectivity index (χ0v) is 11.8. The number of ether oxygens (including phenoxy) is 1. The first kappa shape index (κ1) is 14.2. The number of para-hydroxylation sites is 2. The smallest absolute Gasteiger partial charge is 0.409 e. The van der Waals surface area contributed by atoms with E-state index in [-0.39, 0.29) is 5.69 Å². The maximum Gasteiger partial charge on any atom is 0.409 e. The molecule has 1 aromatic carbocycles. The number of hydrogen-bond acceptors (Lipinski definition) is 3. The summed E-state index contributed by atoms with van der Waals surface area (Å²) in [5.74, 6) is 0. The van der Waals surface area contributed by atoms with Gasteiger partial charge in [-0.15, -0.1) is 0 Å². The molecule has 0 aliphatic rings. The highest BCUT2D eigenvalue weighted by atomic mass is 16.6. The normalized spacial score (nSPS) is 13.2. The predicted octanol–water partition coefficient (Wildman–Crippen LogP) is 2.19. The number of benzene rings is 1. The average molecular weight is 276 g/mol. The van der Waals surface area contributed by atoms with Crippen LogP contribution in [0.25, 0.3) is 11.0 Å². The lowest BCUT2D eigenvalue weighted by atomic mass is 10.2. The fourth-order valence-electron chi connectivity index (χ4n) is 1.89. The van der Waals surface area contributed by atoms with Crippen molar-refractivity contribution < 1.29 is 9.53 Å². The van der Waals surface area contributed by atoms with Gasteiger partial charge in [-0.1, -0.05) is 12.1 Å². The third kappa shape index (κ3) is 3.01. The minimum absolute atomic E-state index is 0.331. The number of hydrogen-bond donors (Lipinski definition) is 2. The van der Waals surface area contributed by atoms with Gasteiger partial charge in [0, 0.05) is 0 Å². The zero-order valence-electron chi connectivity index (χ0n) is 11.8. The maximum atomic E-state index is 11.9. The molecule has 6 nitrogen and oxygen atoms in total. The number of H-pyrrole nitrogens is 1. The molecule has 0 spiro atoms. The van der Waals surface area contributed by atoms with Gasteiger partial charge in [0.05, 0.1) is 11.0 Å². The Morgan fingerprint density at radius 1 is 1.40 bits per heavy atom. The van der Waals surface area contributed by atoms with Gasteiger partial charge in [-0.2, -0.15) is 0 Å². The molecule has 2 rings (SSSR count). The summed E-state index contributed by atoms with van der Waals surface area (Å²) in [6, 6.07) is 7.20. The lowest BCUT2D eigenvalue weighted by Crippen LogP contribution is -2.38. The number of alkyl carbamates (subject to hydrolysis) is 1. The number of nitrogens with one attached hydrogen (secondary N) is 2. The highest BCUT2D eigenvalue weighted by molar-refractivity contribution is 5.75. The molecule has 1 amide bonds. The van der Waals surface area contributed by atoms with E-state index in [4.69, 9.17) is 4.74 Å². The van der Waals surface area contributed by atoms with Gasteiger partial charge < -0.3 is 15.0 Å². The van der Waals surface area contributed by atoms with Gasteiger partial charge in [0.2, 0.25) is 0 Å². The van der Waals surface area contributed by atoms with Crippen LogP contribution in [0.5, 0.6) is 0 Å². The summed E-state index contributed by atoms with van der Waals surface area (Å²) in [7, 11) is 0. The van der Waals surface area contributed by atoms with Crippen molar-refractivity contribution in [2.75, 3.05) is 0 Å². The van der Waals surface area contributed by atoms with Crippen molar-refractivity contribution >= 4 is 17.1 Å². The number of rotatable bonds is 2. The fourth-order valence-corrected chi connectivity index (χ4v) is 1.89. The van der Waals surface area contributed by atoms with Crippen molar-refractivity contribution in [1.29, 1.82) is 0 Å². The Morgan fingerprint density at radius 2 is 2.05 bits per heavy atom. The Hall–Kier alpha value is -2.24. The van der Waals surface area contributed by atoms with E-state index < -0.39 is 17.9 Å². The number of nitrogens with zero attached hydrogens (tertiary/aromatic N) is 1. The van der Waals surface area contributed by atoms with Crippen LogP contribution in [0.1, 0.15) is 26.9 Å². The van der Waals surface area contributed by atoms with E-state index in [9.17, 15) is 9.59 Å².